The van der Waals surface area contributed by atoms with Gasteiger partial charge in [0.05, 0.1) is 16.1 Å². The van der Waals surface area contributed by atoms with Crippen LogP contribution >= 0.6 is 0 Å². The minimum Gasteiger partial charge on any atom is -0.355 e. The van der Waals surface area contributed by atoms with E-state index in [4.69, 9.17) is 0 Å². The number of anilines is 1. The van der Waals surface area contributed by atoms with Gasteiger partial charge in [0.25, 0.3) is 10.0 Å². The highest BCUT2D eigenvalue weighted by Crippen LogP contribution is 2.33. The van der Waals surface area contributed by atoms with Crippen molar-refractivity contribution in [2.45, 2.75) is 57.8 Å². The maximum absolute atomic E-state index is 14.0. The van der Waals surface area contributed by atoms with Crippen molar-refractivity contribution in [3.05, 3.63) is 95.1 Å². The summed E-state index contributed by atoms with van der Waals surface area (Å²) in [6.07, 6.45) is -4.50. The van der Waals surface area contributed by atoms with E-state index in [2.05, 4.69) is 5.32 Å². The van der Waals surface area contributed by atoms with Gasteiger partial charge in [-0.25, -0.2) is 8.42 Å². The number of nitrogens with zero attached hydrogens (tertiary/aromatic N) is 2. The number of sulfonamides is 1. The molecule has 1 atom stereocenters. The lowest BCUT2D eigenvalue weighted by molar-refractivity contribution is -0.140. The van der Waals surface area contributed by atoms with Gasteiger partial charge in [0.15, 0.2) is 0 Å². The molecular weight excluding hydrogens is 555 g/mol. The van der Waals surface area contributed by atoms with Gasteiger partial charge in [-0.05, 0) is 63.1 Å². The normalized spacial score (nSPS) is 12.5. The molecule has 0 unspecified atom stereocenters. The Balaban J connectivity index is 2.12. The van der Waals surface area contributed by atoms with E-state index in [0.29, 0.717) is 22.5 Å². The van der Waals surface area contributed by atoms with E-state index >= 15 is 0 Å². The van der Waals surface area contributed by atoms with Gasteiger partial charge in [-0.1, -0.05) is 60.5 Å². The Kier molecular flexibility index (Phi) is 10.2. The van der Waals surface area contributed by atoms with E-state index in [9.17, 15) is 31.2 Å². The molecule has 0 radical (unpaired) electrons. The summed E-state index contributed by atoms with van der Waals surface area (Å²) in [5, 5.41) is 2.71. The molecule has 1 N–H and O–H groups in total. The van der Waals surface area contributed by atoms with Gasteiger partial charge in [0, 0.05) is 13.1 Å². The second-order valence-corrected chi connectivity index (χ2v) is 11.6. The number of likely N-dealkylation sites (N-methyl/N-ethyl adjacent to an activating group) is 1. The van der Waals surface area contributed by atoms with E-state index in [0.717, 1.165) is 23.3 Å². The molecule has 0 saturated carbocycles. The van der Waals surface area contributed by atoms with Crippen LogP contribution in [-0.4, -0.2) is 44.3 Å². The summed E-state index contributed by atoms with van der Waals surface area (Å²) in [6, 6.07) is 16.0. The Hall–Kier alpha value is -3.86. The summed E-state index contributed by atoms with van der Waals surface area (Å²) in [6.45, 7) is 6.60. The van der Waals surface area contributed by atoms with Crippen molar-refractivity contribution in [2.75, 3.05) is 17.4 Å². The molecule has 0 heterocycles. The lowest BCUT2D eigenvalue weighted by Gasteiger charge is -2.33. The molecule has 0 aliphatic rings. The first-order chi connectivity index (χ1) is 19.3. The van der Waals surface area contributed by atoms with E-state index in [1.165, 1.54) is 23.1 Å². The van der Waals surface area contributed by atoms with Crippen LogP contribution in [0, 0.1) is 13.8 Å². The van der Waals surface area contributed by atoms with Crippen LogP contribution in [0.1, 0.15) is 42.5 Å². The quantitative estimate of drug-likeness (QED) is 0.322. The number of aryl methyl sites for hydroxylation is 2. The molecule has 0 spiro atoms. The highest BCUT2D eigenvalue weighted by molar-refractivity contribution is 7.92. The fraction of sp³-hybridized carbons (Fsp3) is 0.333. The van der Waals surface area contributed by atoms with Crippen LogP contribution < -0.4 is 9.62 Å². The van der Waals surface area contributed by atoms with Crippen molar-refractivity contribution in [3.63, 3.8) is 0 Å². The fourth-order valence-electron chi connectivity index (χ4n) is 4.42. The van der Waals surface area contributed by atoms with Crippen molar-refractivity contribution in [1.82, 2.24) is 10.2 Å². The van der Waals surface area contributed by atoms with Crippen molar-refractivity contribution < 1.29 is 31.2 Å². The highest BCUT2D eigenvalue weighted by atomic mass is 32.2. The number of alkyl halides is 3. The molecule has 41 heavy (non-hydrogen) atoms. The second kappa shape index (κ2) is 13.2. The minimum atomic E-state index is -4.73. The molecule has 3 aromatic carbocycles. The van der Waals surface area contributed by atoms with Crippen molar-refractivity contribution in [3.8, 4) is 0 Å². The van der Waals surface area contributed by atoms with E-state index in [1.807, 2.05) is 19.1 Å². The third-order valence-corrected chi connectivity index (χ3v) is 8.31. The monoisotopic (exact) mass is 589 g/mol. The molecule has 220 valence electrons. The van der Waals surface area contributed by atoms with Crippen LogP contribution in [0.4, 0.5) is 18.9 Å². The number of carbonyl (C=O) groups is 2. The van der Waals surface area contributed by atoms with Crippen LogP contribution in [0.25, 0.3) is 0 Å². The van der Waals surface area contributed by atoms with Gasteiger partial charge in [0.2, 0.25) is 11.8 Å². The molecule has 0 aliphatic carbocycles. The molecule has 0 fully saturated rings. The van der Waals surface area contributed by atoms with Gasteiger partial charge in [-0.2, -0.15) is 13.2 Å². The van der Waals surface area contributed by atoms with Gasteiger partial charge in [0.1, 0.15) is 12.6 Å². The number of carbonyl (C=O) groups excluding carboxylic acids is 2. The topological polar surface area (TPSA) is 86.8 Å². The molecule has 3 rings (SSSR count). The molecule has 3 aromatic rings. The molecule has 2 amide bonds. The third kappa shape index (κ3) is 7.87. The van der Waals surface area contributed by atoms with Crippen LogP contribution in [0.5, 0.6) is 0 Å². The highest BCUT2D eigenvalue weighted by Gasteiger charge is 2.35. The predicted molar refractivity (Wildman–Crippen MR) is 152 cm³/mol. The summed E-state index contributed by atoms with van der Waals surface area (Å²) >= 11 is 0. The SMILES string of the molecule is CCNC(=O)[C@H](CC)N(Cc1cccc(C)c1)C(=O)CN(c1cccc(C(F)(F)F)c1)S(=O)(=O)c1ccc(C)cc1. The third-order valence-electron chi connectivity index (χ3n) is 6.52. The summed E-state index contributed by atoms with van der Waals surface area (Å²) < 4.78 is 69.1. The van der Waals surface area contributed by atoms with Crippen molar-refractivity contribution >= 4 is 27.5 Å². The summed E-state index contributed by atoms with van der Waals surface area (Å²) in [5.41, 5.74) is 1.04. The zero-order valence-electron chi connectivity index (χ0n) is 23.4. The summed E-state index contributed by atoms with van der Waals surface area (Å²) in [5.74, 6) is -1.15. The van der Waals surface area contributed by atoms with E-state index in [-0.39, 0.29) is 23.5 Å². The number of rotatable bonds is 11. The molecule has 0 aromatic heterocycles. The van der Waals surface area contributed by atoms with Crippen LogP contribution in [0.2, 0.25) is 0 Å². The van der Waals surface area contributed by atoms with Gasteiger partial charge < -0.3 is 10.2 Å². The zero-order valence-corrected chi connectivity index (χ0v) is 24.2. The zero-order chi connectivity index (χ0) is 30.4. The van der Waals surface area contributed by atoms with E-state index < -0.39 is 46.2 Å². The Labute approximate surface area is 239 Å². The Morgan fingerprint density at radius 1 is 0.902 bits per heavy atom. The minimum absolute atomic E-state index is 0.00281. The first kappa shape index (κ1) is 31.7. The number of hydrogen-bond acceptors (Lipinski definition) is 4. The predicted octanol–water partition coefficient (Wildman–Crippen LogP) is 5.46. The van der Waals surface area contributed by atoms with Crippen molar-refractivity contribution in [1.29, 1.82) is 0 Å². The maximum atomic E-state index is 14.0. The fourth-order valence-corrected chi connectivity index (χ4v) is 5.83. The first-order valence-corrected chi connectivity index (χ1v) is 14.6. The largest absolute Gasteiger partial charge is 0.416 e. The lowest BCUT2D eigenvalue weighted by Crippen LogP contribution is -2.52. The lowest BCUT2D eigenvalue weighted by atomic mass is 10.1. The maximum Gasteiger partial charge on any atom is 0.416 e. The molecule has 7 nitrogen and oxygen atoms in total. The summed E-state index contributed by atoms with van der Waals surface area (Å²) in [4.78, 5) is 28.0. The number of benzene rings is 3. The van der Waals surface area contributed by atoms with Gasteiger partial charge >= 0.3 is 6.18 Å². The average molecular weight is 590 g/mol. The number of amides is 2. The standard InChI is InChI=1S/C30H34F3N3O4S/c1-5-27(29(38)34-6-2)35(19-23-10-7-9-22(4)17-23)28(37)20-36(25-12-8-11-24(18-25)30(31,32)33)41(39,40)26-15-13-21(3)14-16-26/h7-18,27H,5-6,19-20H2,1-4H3,(H,34,38)/t27-/m0/s1. The average Bonchev–Trinajstić information content (AvgIpc) is 2.91. The Bertz CT molecular complexity index is 1470. The summed E-state index contributed by atoms with van der Waals surface area (Å²) in [7, 11) is -4.49. The number of halogens is 3. The molecule has 11 heteroatoms. The number of nitrogens with one attached hydrogen (secondary N) is 1. The van der Waals surface area contributed by atoms with Crippen LogP contribution in [-0.2, 0) is 32.3 Å². The number of hydrogen-bond donors (Lipinski definition) is 1. The van der Waals surface area contributed by atoms with Gasteiger partial charge in [-0.15, -0.1) is 0 Å². The molecule has 0 saturated heterocycles. The first-order valence-electron chi connectivity index (χ1n) is 13.2. The second-order valence-electron chi connectivity index (χ2n) is 9.70. The molecular formula is C30H34F3N3O4S. The molecule has 0 bridgehead atoms. The van der Waals surface area contributed by atoms with Crippen LogP contribution in [0.15, 0.2) is 77.7 Å². The van der Waals surface area contributed by atoms with Crippen LogP contribution in [0.3, 0.4) is 0 Å². The Morgan fingerprint density at radius 3 is 2.15 bits per heavy atom. The van der Waals surface area contributed by atoms with E-state index in [1.54, 1.807) is 45.0 Å². The Morgan fingerprint density at radius 2 is 1.56 bits per heavy atom. The van der Waals surface area contributed by atoms with Gasteiger partial charge in [-0.3, -0.25) is 13.9 Å². The van der Waals surface area contributed by atoms with Crippen molar-refractivity contribution in [2.24, 2.45) is 0 Å². The molecule has 0 aliphatic heterocycles. The smallest absolute Gasteiger partial charge is 0.355 e.